The summed E-state index contributed by atoms with van der Waals surface area (Å²) in [5.41, 5.74) is 4.72. The summed E-state index contributed by atoms with van der Waals surface area (Å²) in [7, 11) is 0. The highest BCUT2D eigenvalue weighted by molar-refractivity contribution is 5.62. The molecule has 132 valence electrons. The van der Waals surface area contributed by atoms with Gasteiger partial charge < -0.3 is 0 Å². The molecular weight excluding hydrogens is 323 g/mol. The number of halogens is 1. The lowest BCUT2D eigenvalue weighted by atomic mass is 9.89. The number of pyridine rings is 1. The summed E-state index contributed by atoms with van der Waals surface area (Å²) in [6.45, 7) is 3.14. The lowest BCUT2D eigenvalue weighted by molar-refractivity contribution is 0.204. The second-order valence-electron chi connectivity index (χ2n) is 7.05. The predicted octanol–water partition coefficient (Wildman–Crippen LogP) is 5.27. The average Bonchev–Trinajstić information content (AvgIpc) is 2.70. The number of hydrogen-bond acceptors (Lipinski definition) is 2. The van der Waals surface area contributed by atoms with Crippen LogP contribution in [0.4, 0.5) is 4.39 Å². The second kappa shape index (κ2) is 7.79. The van der Waals surface area contributed by atoms with Gasteiger partial charge >= 0.3 is 0 Å². The molecule has 1 aromatic heterocycles. The molecule has 2 aromatic carbocycles. The highest BCUT2D eigenvalue weighted by atomic mass is 19.1. The fraction of sp³-hybridized carbons (Fsp3) is 0.261. The molecule has 2 nitrogen and oxygen atoms in total. The first kappa shape index (κ1) is 16.9. The molecule has 26 heavy (non-hydrogen) atoms. The van der Waals surface area contributed by atoms with Gasteiger partial charge in [-0.3, -0.25) is 9.88 Å². The molecule has 0 saturated carbocycles. The molecule has 0 bridgehead atoms. The molecule has 0 amide bonds. The van der Waals surface area contributed by atoms with E-state index in [0.29, 0.717) is 5.92 Å². The Balaban J connectivity index is 1.39. The van der Waals surface area contributed by atoms with Crippen LogP contribution in [0, 0.1) is 5.82 Å². The minimum Gasteiger partial charge on any atom is -0.299 e. The molecule has 1 aliphatic heterocycles. The minimum absolute atomic E-state index is 0.209. The minimum atomic E-state index is -0.209. The summed E-state index contributed by atoms with van der Waals surface area (Å²) < 4.78 is 13.1. The summed E-state index contributed by atoms with van der Waals surface area (Å²) in [4.78, 5) is 6.90. The van der Waals surface area contributed by atoms with Gasteiger partial charge in [0, 0.05) is 24.5 Å². The van der Waals surface area contributed by atoms with E-state index in [2.05, 4.69) is 46.3 Å². The van der Waals surface area contributed by atoms with Gasteiger partial charge in [-0.1, -0.05) is 42.5 Å². The highest BCUT2D eigenvalue weighted by Crippen LogP contribution is 2.28. The fourth-order valence-electron chi connectivity index (χ4n) is 3.78. The van der Waals surface area contributed by atoms with Crippen molar-refractivity contribution in [2.24, 2.45) is 0 Å². The zero-order chi connectivity index (χ0) is 17.8. The van der Waals surface area contributed by atoms with Crippen molar-refractivity contribution in [1.29, 1.82) is 0 Å². The maximum absolute atomic E-state index is 13.1. The molecule has 0 radical (unpaired) electrons. The van der Waals surface area contributed by atoms with Crippen molar-refractivity contribution >= 4 is 0 Å². The highest BCUT2D eigenvalue weighted by Gasteiger charge is 2.20. The molecule has 1 saturated heterocycles. The van der Waals surface area contributed by atoms with Crippen LogP contribution in [0.25, 0.3) is 11.1 Å². The van der Waals surface area contributed by atoms with E-state index >= 15 is 0 Å². The van der Waals surface area contributed by atoms with Crippen LogP contribution in [0.1, 0.15) is 29.9 Å². The molecule has 0 unspecified atom stereocenters. The second-order valence-corrected chi connectivity index (χ2v) is 7.05. The van der Waals surface area contributed by atoms with Crippen molar-refractivity contribution in [3.05, 3.63) is 90.0 Å². The van der Waals surface area contributed by atoms with E-state index in [1.54, 1.807) is 0 Å². The SMILES string of the molecule is Fc1ccc(-c2cncc(CN3CCC(c4ccccc4)CC3)c2)cc1. The maximum atomic E-state index is 13.1. The molecule has 0 N–H and O–H groups in total. The number of rotatable bonds is 4. The van der Waals surface area contributed by atoms with Gasteiger partial charge in [0.15, 0.2) is 0 Å². The predicted molar refractivity (Wildman–Crippen MR) is 103 cm³/mol. The van der Waals surface area contributed by atoms with Crippen molar-refractivity contribution in [2.45, 2.75) is 25.3 Å². The first-order valence-electron chi connectivity index (χ1n) is 9.25. The van der Waals surface area contributed by atoms with Crippen molar-refractivity contribution in [3.63, 3.8) is 0 Å². The van der Waals surface area contributed by atoms with Gasteiger partial charge in [0.1, 0.15) is 5.82 Å². The third-order valence-corrected chi connectivity index (χ3v) is 5.24. The molecule has 0 spiro atoms. The van der Waals surface area contributed by atoms with E-state index in [1.807, 2.05) is 24.5 Å². The molecule has 0 atom stereocenters. The van der Waals surface area contributed by atoms with Crippen LogP contribution >= 0.6 is 0 Å². The van der Waals surface area contributed by atoms with Crippen LogP contribution in [0.3, 0.4) is 0 Å². The van der Waals surface area contributed by atoms with Crippen molar-refractivity contribution in [3.8, 4) is 11.1 Å². The Kier molecular flexibility index (Phi) is 5.07. The van der Waals surface area contributed by atoms with Gasteiger partial charge in [-0.05, 0) is 66.7 Å². The van der Waals surface area contributed by atoms with Gasteiger partial charge in [-0.2, -0.15) is 0 Å². The van der Waals surface area contributed by atoms with Crippen LogP contribution in [-0.2, 0) is 6.54 Å². The number of hydrogen-bond donors (Lipinski definition) is 0. The molecular formula is C23H23FN2. The monoisotopic (exact) mass is 346 g/mol. The van der Waals surface area contributed by atoms with Crippen LogP contribution in [-0.4, -0.2) is 23.0 Å². The Labute approximate surface area is 154 Å². The zero-order valence-corrected chi connectivity index (χ0v) is 14.8. The van der Waals surface area contributed by atoms with Crippen LogP contribution in [0.15, 0.2) is 73.1 Å². The van der Waals surface area contributed by atoms with E-state index < -0.39 is 0 Å². The Morgan fingerprint density at radius 1 is 0.885 bits per heavy atom. The Hall–Kier alpha value is -2.52. The molecule has 1 aliphatic rings. The van der Waals surface area contributed by atoms with E-state index in [1.165, 1.54) is 36.1 Å². The van der Waals surface area contributed by atoms with Gasteiger partial charge in [-0.25, -0.2) is 4.39 Å². The van der Waals surface area contributed by atoms with Gasteiger partial charge in [-0.15, -0.1) is 0 Å². The summed E-state index contributed by atoms with van der Waals surface area (Å²) in [5, 5.41) is 0. The van der Waals surface area contributed by atoms with Gasteiger partial charge in [0.2, 0.25) is 0 Å². The van der Waals surface area contributed by atoms with Crippen molar-refractivity contribution in [2.75, 3.05) is 13.1 Å². The molecule has 3 heteroatoms. The normalized spacial score (nSPS) is 15.9. The molecule has 2 heterocycles. The van der Waals surface area contributed by atoms with E-state index in [0.717, 1.165) is 30.8 Å². The van der Waals surface area contributed by atoms with Crippen LogP contribution < -0.4 is 0 Å². The van der Waals surface area contributed by atoms with E-state index in [-0.39, 0.29) is 5.82 Å². The fourth-order valence-corrected chi connectivity index (χ4v) is 3.78. The van der Waals surface area contributed by atoms with Crippen LogP contribution in [0.5, 0.6) is 0 Å². The van der Waals surface area contributed by atoms with E-state index in [9.17, 15) is 4.39 Å². The Morgan fingerprint density at radius 3 is 2.35 bits per heavy atom. The zero-order valence-electron chi connectivity index (χ0n) is 14.8. The number of likely N-dealkylation sites (tertiary alicyclic amines) is 1. The lowest BCUT2D eigenvalue weighted by Gasteiger charge is -2.32. The molecule has 1 fully saturated rings. The number of aromatic nitrogens is 1. The topological polar surface area (TPSA) is 16.1 Å². The number of piperidine rings is 1. The first-order chi connectivity index (χ1) is 12.8. The Bertz CT molecular complexity index is 838. The quantitative estimate of drug-likeness (QED) is 0.640. The maximum Gasteiger partial charge on any atom is 0.123 e. The summed E-state index contributed by atoms with van der Waals surface area (Å²) in [5.74, 6) is 0.468. The summed E-state index contributed by atoms with van der Waals surface area (Å²) in [6, 6.07) is 19.6. The summed E-state index contributed by atoms with van der Waals surface area (Å²) >= 11 is 0. The smallest absolute Gasteiger partial charge is 0.123 e. The van der Waals surface area contributed by atoms with Gasteiger partial charge in [0.25, 0.3) is 0 Å². The molecule has 3 aromatic rings. The summed E-state index contributed by atoms with van der Waals surface area (Å²) in [6.07, 6.45) is 6.19. The molecule has 4 rings (SSSR count). The third-order valence-electron chi connectivity index (χ3n) is 5.24. The van der Waals surface area contributed by atoms with E-state index in [4.69, 9.17) is 0 Å². The third kappa shape index (κ3) is 4.00. The molecule has 0 aliphatic carbocycles. The number of nitrogens with zero attached hydrogens (tertiary/aromatic N) is 2. The van der Waals surface area contributed by atoms with Gasteiger partial charge in [0.05, 0.1) is 0 Å². The van der Waals surface area contributed by atoms with Crippen molar-refractivity contribution in [1.82, 2.24) is 9.88 Å². The first-order valence-corrected chi connectivity index (χ1v) is 9.25. The van der Waals surface area contributed by atoms with Crippen molar-refractivity contribution < 1.29 is 4.39 Å². The largest absolute Gasteiger partial charge is 0.299 e. The number of benzene rings is 2. The standard InChI is InChI=1S/C23H23FN2/c24-23-8-6-20(7-9-23)22-14-18(15-25-16-22)17-26-12-10-21(11-13-26)19-4-2-1-3-5-19/h1-9,14-16,21H,10-13,17H2. The lowest BCUT2D eigenvalue weighted by Crippen LogP contribution is -2.32. The Morgan fingerprint density at radius 2 is 1.62 bits per heavy atom. The van der Waals surface area contributed by atoms with Crippen LogP contribution in [0.2, 0.25) is 0 Å². The average molecular weight is 346 g/mol.